The molecule has 0 bridgehead atoms. The van der Waals surface area contributed by atoms with Gasteiger partial charge in [0.1, 0.15) is 6.29 Å². The largest absolute Gasteiger partial charge is 0.303 e. The van der Waals surface area contributed by atoms with Crippen LogP contribution in [-0.2, 0) is 0 Å². The highest BCUT2D eigenvalue weighted by atomic mass is 15.5. The smallest absolute Gasteiger partial charge is 0.114 e. The van der Waals surface area contributed by atoms with Gasteiger partial charge in [0.25, 0.3) is 0 Å². The van der Waals surface area contributed by atoms with Crippen LogP contribution in [-0.4, -0.2) is 42.3 Å². The zero-order chi connectivity index (χ0) is 10.4. The van der Waals surface area contributed by atoms with Gasteiger partial charge in [-0.15, -0.1) is 0 Å². The Bertz CT molecular complexity index is 133. The van der Waals surface area contributed by atoms with E-state index in [4.69, 9.17) is 5.73 Å². The summed E-state index contributed by atoms with van der Waals surface area (Å²) >= 11 is 0. The number of hydrogen-bond donors (Lipinski definition) is 1. The van der Waals surface area contributed by atoms with Crippen LogP contribution in [0.1, 0.15) is 39.5 Å². The summed E-state index contributed by atoms with van der Waals surface area (Å²) in [6, 6.07) is 0. The molecule has 0 saturated carbocycles. The molecule has 0 aromatic rings. The van der Waals surface area contributed by atoms with Gasteiger partial charge in [0.15, 0.2) is 0 Å². The van der Waals surface area contributed by atoms with E-state index in [1.807, 2.05) is 0 Å². The number of unbranched alkanes of at least 4 members (excludes halogenated alkanes) is 2. The van der Waals surface area contributed by atoms with E-state index in [2.05, 4.69) is 23.6 Å². The number of nitrogens with two attached hydrogens (primary N) is 1. The fourth-order valence-electron chi connectivity index (χ4n) is 1.96. The summed E-state index contributed by atoms with van der Waals surface area (Å²) in [7, 11) is 0. The van der Waals surface area contributed by atoms with Crippen LogP contribution in [0.4, 0.5) is 0 Å². The number of nitrogens with zero attached hydrogens (tertiary/aromatic N) is 2. The van der Waals surface area contributed by atoms with E-state index in [0.717, 1.165) is 13.1 Å². The quantitative estimate of drug-likeness (QED) is 0.702. The van der Waals surface area contributed by atoms with Crippen molar-refractivity contribution in [1.82, 2.24) is 9.80 Å². The third-order valence-corrected chi connectivity index (χ3v) is 3.02. The van der Waals surface area contributed by atoms with Gasteiger partial charge in [0.05, 0.1) is 0 Å². The van der Waals surface area contributed by atoms with E-state index in [1.54, 1.807) is 0 Å². The van der Waals surface area contributed by atoms with Crippen LogP contribution in [0.3, 0.4) is 0 Å². The van der Waals surface area contributed by atoms with Crippen molar-refractivity contribution in [3.63, 3.8) is 0 Å². The Balaban J connectivity index is 2.24. The number of hydrogen-bond acceptors (Lipinski definition) is 3. The van der Waals surface area contributed by atoms with Gasteiger partial charge in [0, 0.05) is 26.2 Å². The van der Waals surface area contributed by atoms with Crippen LogP contribution >= 0.6 is 0 Å². The summed E-state index contributed by atoms with van der Waals surface area (Å²) in [6.45, 7) is 9.11. The zero-order valence-corrected chi connectivity index (χ0v) is 9.71. The van der Waals surface area contributed by atoms with E-state index in [0.29, 0.717) is 0 Å². The zero-order valence-electron chi connectivity index (χ0n) is 9.71. The van der Waals surface area contributed by atoms with Crippen molar-refractivity contribution in [3.05, 3.63) is 0 Å². The molecular weight excluding hydrogens is 174 g/mol. The molecule has 0 spiro atoms. The maximum atomic E-state index is 6.16. The van der Waals surface area contributed by atoms with Gasteiger partial charge in [-0.3, -0.25) is 9.80 Å². The summed E-state index contributed by atoms with van der Waals surface area (Å²) in [6.07, 6.45) is 5.26. The third-order valence-electron chi connectivity index (χ3n) is 3.02. The second-order valence-electron chi connectivity index (χ2n) is 4.19. The minimum atomic E-state index is 0.188. The molecule has 1 rings (SSSR count). The van der Waals surface area contributed by atoms with Gasteiger partial charge in [0.2, 0.25) is 0 Å². The molecule has 0 aromatic heterocycles. The van der Waals surface area contributed by atoms with Crippen LogP contribution in [0, 0.1) is 0 Å². The van der Waals surface area contributed by atoms with Crippen LogP contribution in [0.5, 0.6) is 0 Å². The molecule has 0 amide bonds. The van der Waals surface area contributed by atoms with Crippen LogP contribution in [0.2, 0.25) is 0 Å². The van der Waals surface area contributed by atoms with E-state index >= 15 is 0 Å². The monoisotopic (exact) mass is 199 g/mol. The Hall–Kier alpha value is -0.120. The molecule has 0 radical (unpaired) electrons. The molecule has 0 atom stereocenters. The van der Waals surface area contributed by atoms with Crippen LogP contribution in [0.25, 0.3) is 0 Å². The molecule has 0 aromatic carbocycles. The van der Waals surface area contributed by atoms with E-state index < -0.39 is 0 Å². The fraction of sp³-hybridized carbons (Fsp3) is 1.00. The lowest BCUT2D eigenvalue weighted by molar-refractivity contribution is 0.139. The predicted octanol–water partition coefficient (Wildman–Crippen LogP) is 1.45. The normalized spacial score (nSPS) is 20.8. The molecule has 3 nitrogen and oxygen atoms in total. The van der Waals surface area contributed by atoms with Crippen LogP contribution < -0.4 is 5.73 Å². The lowest BCUT2D eigenvalue weighted by Crippen LogP contribution is -2.46. The summed E-state index contributed by atoms with van der Waals surface area (Å²) in [5, 5.41) is 0. The Morgan fingerprint density at radius 2 is 1.43 bits per heavy atom. The topological polar surface area (TPSA) is 32.5 Å². The van der Waals surface area contributed by atoms with Crippen molar-refractivity contribution in [3.8, 4) is 0 Å². The summed E-state index contributed by atoms with van der Waals surface area (Å²) in [5.41, 5.74) is 6.16. The molecule has 1 saturated heterocycles. The van der Waals surface area contributed by atoms with Crippen molar-refractivity contribution < 1.29 is 0 Å². The summed E-state index contributed by atoms with van der Waals surface area (Å²) in [5.74, 6) is 0. The van der Waals surface area contributed by atoms with Crippen molar-refractivity contribution in [1.29, 1.82) is 0 Å². The van der Waals surface area contributed by atoms with Gasteiger partial charge in [-0.2, -0.15) is 0 Å². The lowest BCUT2D eigenvalue weighted by atomic mass is 10.3. The molecule has 1 fully saturated rings. The van der Waals surface area contributed by atoms with Crippen molar-refractivity contribution >= 4 is 0 Å². The average Bonchev–Trinajstić information content (AvgIpc) is 2.54. The van der Waals surface area contributed by atoms with E-state index in [9.17, 15) is 0 Å². The van der Waals surface area contributed by atoms with Gasteiger partial charge >= 0.3 is 0 Å². The first-order valence-corrected chi connectivity index (χ1v) is 6.03. The molecule has 0 aliphatic carbocycles. The predicted molar refractivity (Wildman–Crippen MR) is 60.9 cm³/mol. The molecule has 14 heavy (non-hydrogen) atoms. The van der Waals surface area contributed by atoms with Gasteiger partial charge in [-0.05, 0) is 12.8 Å². The Morgan fingerprint density at radius 1 is 1.00 bits per heavy atom. The highest BCUT2D eigenvalue weighted by molar-refractivity contribution is 4.77. The summed E-state index contributed by atoms with van der Waals surface area (Å²) < 4.78 is 0. The molecule has 84 valence electrons. The molecule has 1 aliphatic heterocycles. The third kappa shape index (κ3) is 3.23. The standard InChI is InChI=1S/C11H25N3/c1-3-5-7-13-9-10-14(11(13)12)8-6-4-2/h11H,3-10,12H2,1-2H3. The van der Waals surface area contributed by atoms with E-state index in [1.165, 1.54) is 38.8 Å². The average molecular weight is 199 g/mol. The first kappa shape index (κ1) is 12.0. The SMILES string of the molecule is CCCCN1CCN(CCCC)C1N. The molecular formula is C11H25N3. The minimum Gasteiger partial charge on any atom is -0.303 e. The Morgan fingerprint density at radius 3 is 1.79 bits per heavy atom. The Kier molecular flexibility index (Phi) is 5.45. The first-order valence-electron chi connectivity index (χ1n) is 6.03. The van der Waals surface area contributed by atoms with Gasteiger partial charge < -0.3 is 5.73 Å². The molecule has 1 heterocycles. The molecule has 0 unspecified atom stereocenters. The maximum absolute atomic E-state index is 6.16. The highest BCUT2D eigenvalue weighted by Gasteiger charge is 2.27. The minimum absolute atomic E-state index is 0.188. The number of rotatable bonds is 6. The van der Waals surface area contributed by atoms with Gasteiger partial charge in [-0.25, -0.2) is 0 Å². The second kappa shape index (κ2) is 6.38. The Labute approximate surface area is 88.2 Å². The van der Waals surface area contributed by atoms with Crippen molar-refractivity contribution in [2.24, 2.45) is 5.73 Å². The fourth-order valence-corrected chi connectivity index (χ4v) is 1.96. The first-order chi connectivity index (χ1) is 6.79. The van der Waals surface area contributed by atoms with E-state index in [-0.39, 0.29) is 6.29 Å². The highest BCUT2D eigenvalue weighted by Crippen LogP contribution is 2.11. The maximum Gasteiger partial charge on any atom is 0.114 e. The van der Waals surface area contributed by atoms with Crippen molar-refractivity contribution in [2.75, 3.05) is 26.2 Å². The van der Waals surface area contributed by atoms with Crippen LogP contribution in [0.15, 0.2) is 0 Å². The molecule has 1 aliphatic rings. The van der Waals surface area contributed by atoms with Crippen molar-refractivity contribution in [2.45, 2.75) is 45.8 Å². The van der Waals surface area contributed by atoms with Gasteiger partial charge in [-0.1, -0.05) is 26.7 Å². The second-order valence-corrected chi connectivity index (χ2v) is 4.19. The molecule has 2 N–H and O–H groups in total. The lowest BCUT2D eigenvalue weighted by Gasteiger charge is -2.26. The molecule has 3 heteroatoms. The summed E-state index contributed by atoms with van der Waals surface area (Å²) in [4.78, 5) is 4.80.